The van der Waals surface area contributed by atoms with Gasteiger partial charge < -0.3 is 133 Å². The molecule has 0 spiro atoms. The minimum Gasteiger partial charge on any atom is -0.508 e. The van der Waals surface area contributed by atoms with Crippen LogP contribution in [0.3, 0.4) is 0 Å². The first-order valence-corrected chi connectivity index (χ1v) is 33.5. The number of halogens is 2. The predicted octanol–water partition coefficient (Wildman–Crippen LogP) is 0.123. The molecule has 7 aliphatic heterocycles. The molecule has 0 unspecified atom stereocenters. The van der Waals surface area contributed by atoms with E-state index in [1.165, 1.54) is 32.2 Å². The van der Waals surface area contributed by atoms with Crippen molar-refractivity contribution in [1.29, 1.82) is 0 Å². The van der Waals surface area contributed by atoms with Crippen LogP contribution in [-0.4, -0.2) is 204 Å². The summed E-state index contributed by atoms with van der Waals surface area (Å²) in [6.45, 7) is 4.76. The van der Waals surface area contributed by atoms with E-state index in [0.717, 1.165) is 60.7 Å². The van der Waals surface area contributed by atoms with Crippen LogP contribution >= 0.6 is 23.2 Å². The number of carboxylic acids is 1. The molecule has 7 amide bonds. The van der Waals surface area contributed by atoms with Crippen LogP contribution in [0.4, 0.5) is 0 Å². The highest BCUT2D eigenvalue weighted by Gasteiger charge is 2.50. The zero-order valence-electron chi connectivity index (χ0n) is 56.1. The summed E-state index contributed by atoms with van der Waals surface area (Å²) in [5, 5.41) is 129. The second kappa shape index (κ2) is 32.0. The van der Waals surface area contributed by atoms with Gasteiger partial charge in [-0.05, 0) is 110 Å². The summed E-state index contributed by atoms with van der Waals surface area (Å²) in [6.07, 6.45) is -16.6. The number of hydrogen-bond donors (Lipinski definition) is 19. The van der Waals surface area contributed by atoms with Crippen LogP contribution in [0.5, 0.6) is 46.0 Å². The lowest BCUT2D eigenvalue weighted by atomic mass is 9.86. The first kappa shape index (κ1) is 77.4. The number of carboxylic acid groups (broad SMARTS) is 1. The van der Waals surface area contributed by atoms with Crippen LogP contribution in [0.2, 0.25) is 10.0 Å². The molecule has 18 atom stereocenters. The topological polar surface area (TPSA) is 540 Å². The number of aliphatic hydroxyl groups excluding tert-OH is 6. The van der Waals surface area contributed by atoms with Crippen molar-refractivity contribution in [3.8, 4) is 57.1 Å². The second-order valence-electron chi connectivity index (χ2n) is 26.3. The number of phenols is 3. The molecule has 2 fully saturated rings. The Bertz CT molecular complexity index is 4130. The van der Waals surface area contributed by atoms with E-state index in [4.69, 9.17) is 67.8 Å². The highest BCUT2D eigenvalue weighted by molar-refractivity contribution is 6.32. The first-order valence-electron chi connectivity index (χ1n) is 32.7. The second-order valence-corrected chi connectivity index (χ2v) is 27.1. The standard InChI is InChI=1S/C68H79Cl2N9O25/c1-25(2)14-36(73-5)60(90)78-51-53(85)28-7-10-40(34(69)16-28)101-42-18-30-19-43(57(42)98-12-13-99-67-58(56(88)55(87)44(24-80)103-67)104-46-23-68(4,72)59(89)26(3)100-46)102-41-11-8-29(17-35(41)70)54(86)52-65(95)77-50(66(96)97)33-20-31(81)21-39(83)47(33)32-15-27(6-9-38(32)82)48(62(92)79-52)76-63(93)49(30)75-61(91)37(22-45(71)84)74-64(51)94/h6-11,15-21,25-26,36-37,44,46,48-56,58-59,67,73,80-83,85-89H,12-14,22-24,72H2,1-5H3,(H2,71,84)(H,74,94)(H,75,91)(H,76,93)(H,77,95)(H,78,90)(H,79,92)(H,96,97)/t26-,36+,37-,44+,46-,48+,49+,50-,51+,52-,53+,54+,55+,56-,58+,59+,67+,68-/m0/s1. The summed E-state index contributed by atoms with van der Waals surface area (Å²) in [5.41, 5.74) is 8.23. The molecule has 104 heavy (non-hydrogen) atoms. The molecular weight excluding hydrogens is 1410 g/mol. The molecule has 0 aliphatic carbocycles. The number of aliphatic hydroxyl groups is 6. The van der Waals surface area contributed by atoms with Gasteiger partial charge in [0.15, 0.2) is 30.1 Å². The molecule has 5 aromatic rings. The monoisotopic (exact) mass is 1490 g/mol. The van der Waals surface area contributed by atoms with Crippen molar-refractivity contribution in [2.24, 2.45) is 17.4 Å². The van der Waals surface area contributed by atoms with Crippen LogP contribution in [0.15, 0.2) is 78.9 Å². The third-order valence-corrected chi connectivity index (χ3v) is 18.7. The Labute approximate surface area is 602 Å². The number of benzene rings is 5. The zero-order chi connectivity index (χ0) is 75.7. The smallest absolute Gasteiger partial charge is 0.330 e. The number of carbonyl (C=O) groups excluding carboxylic acids is 7. The fraction of sp³-hybridized carbons (Fsp3) is 0.441. The molecule has 0 radical (unpaired) electrons. The van der Waals surface area contributed by atoms with Crippen molar-refractivity contribution in [3.63, 3.8) is 0 Å². The minimum absolute atomic E-state index is 0.0873. The minimum atomic E-state index is -2.28. The number of ether oxygens (including phenoxy) is 7. The Hall–Kier alpha value is -9.24. The lowest BCUT2D eigenvalue weighted by molar-refractivity contribution is -0.347. The van der Waals surface area contributed by atoms with E-state index >= 15 is 14.4 Å². The molecule has 34 nitrogen and oxygen atoms in total. The molecule has 560 valence electrons. The van der Waals surface area contributed by atoms with Crippen molar-refractivity contribution in [2.75, 3.05) is 26.9 Å². The number of nitrogens with two attached hydrogens (primary N) is 2. The van der Waals surface area contributed by atoms with E-state index in [2.05, 4.69) is 37.2 Å². The molecular formula is C68H79Cl2N9O25. The number of primary amides is 1. The van der Waals surface area contributed by atoms with Crippen molar-refractivity contribution >= 4 is 70.5 Å². The summed E-state index contributed by atoms with van der Waals surface area (Å²) in [7, 11) is 1.48. The van der Waals surface area contributed by atoms with Gasteiger partial charge in [-0.25, -0.2) is 4.79 Å². The lowest BCUT2D eigenvalue weighted by Crippen LogP contribution is -2.64. The molecule has 7 heterocycles. The number of carbonyl (C=O) groups is 8. The van der Waals surface area contributed by atoms with Gasteiger partial charge in [0, 0.05) is 34.7 Å². The molecule has 21 N–H and O–H groups in total. The summed E-state index contributed by atoms with van der Waals surface area (Å²) < 4.78 is 43.7. The molecule has 36 heteroatoms. The molecule has 0 saturated carbocycles. The molecule has 7 aliphatic rings. The van der Waals surface area contributed by atoms with Crippen LogP contribution in [-0.2, 0) is 57.3 Å². The number of likely N-dealkylation sites (N-methyl/N-ethyl adjacent to an activating group) is 1. The number of fused-ring (bicyclic) bond motifs is 15. The number of nitrogens with one attached hydrogen (secondary N) is 7. The van der Waals surface area contributed by atoms with Gasteiger partial charge in [0.25, 0.3) is 0 Å². The van der Waals surface area contributed by atoms with Crippen LogP contribution in [0.1, 0.15) is 105 Å². The van der Waals surface area contributed by atoms with E-state index < -0.39 is 240 Å². The Kier molecular flexibility index (Phi) is 23.8. The van der Waals surface area contributed by atoms with E-state index in [0.29, 0.717) is 0 Å². The van der Waals surface area contributed by atoms with E-state index in [9.17, 15) is 75.0 Å². The Morgan fingerprint density at radius 1 is 0.712 bits per heavy atom. The predicted molar refractivity (Wildman–Crippen MR) is 360 cm³/mol. The van der Waals surface area contributed by atoms with Crippen molar-refractivity contribution in [1.82, 2.24) is 37.2 Å². The summed E-state index contributed by atoms with van der Waals surface area (Å²) in [6, 6.07) is -0.0419. The maximum Gasteiger partial charge on any atom is 0.330 e. The lowest BCUT2D eigenvalue weighted by Gasteiger charge is -2.47. The average Bonchev–Trinajstić information content (AvgIpc) is 0.789. The Morgan fingerprint density at radius 2 is 1.33 bits per heavy atom. The Morgan fingerprint density at radius 3 is 1.92 bits per heavy atom. The van der Waals surface area contributed by atoms with Gasteiger partial charge in [-0.15, -0.1) is 0 Å². The summed E-state index contributed by atoms with van der Waals surface area (Å²) in [5.74, 6) is -15.1. The SMILES string of the molecule is CN[C@H](CC(C)C)C(=O)N[C@H]1C(=O)N[C@@H](CC(N)=O)C(=O)N[C@H]2C(=O)N[C@H]3C(=O)N[C@H](C(=O)N[C@H](C(=O)O)c4cc(O)cc(O)c4-c4cc3ccc4O)[C@H](O)c3ccc(c(Cl)c3)Oc3cc2cc(c3OCCO[C@@H]2O[C@H](CO)[C@@H](O)[C@H](O)[C@H]2O[C@H]2C[C@](C)(N)[C@H](O)[C@H](C)O2)Oc2ccc(cc2Cl)[C@H]1O. The Balaban J connectivity index is 1.16. The van der Waals surface area contributed by atoms with Gasteiger partial charge in [-0.3, -0.25) is 33.6 Å². The van der Waals surface area contributed by atoms with Gasteiger partial charge in [-0.1, -0.05) is 55.2 Å². The molecule has 5 aromatic carbocycles. The van der Waals surface area contributed by atoms with Crippen molar-refractivity contribution in [2.45, 2.75) is 156 Å². The largest absolute Gasteiger partial charge is 0.508 e. The average molecular weight is 1490 g/mol. The third-order valence-electron chi connectivity index (χ3n) is 18.2. The van der Waals surface area contributed by atoms with E-state index in [1.54, 1.807) is 6.92 Å². The van der Waals surface area contributed by atoms with Gasteiger partial charge in [-0.2, -0.15) is 0 Å². The van der Waals surface area contributed by atoms with Gasteiger partial charge in [0.1, 0.15) is 102 Å². The highest BCUT2D eigenvalue weighted by atomic mass is 35.5. The van der Waals surface area contributed by atoms with Crippen molar-refractivity contribution in [3.05, 3.63) is 117 Å². The van der Waals surface area contributed by atoms with Crippen LogP contribution in [0.25, 0.3) is 11.1 Å². The van der Waals surface area contributed by atoms with Crippen LogP contribution < -0.4 is 62.9 Å². The third kappa shape index (κ3) is 16.8. The highest BCUT2D eigenvalue weighted by Crippen LogP contribution is 2.49. The zero-order valence-corrected chi connectivity index (χ0v) is 57.7. The van der Waals surface area contributed by atoms with Gasteiger partial charge in [0.2, 0.25) is 47.1 Å². The fourth-order valence-corrected chi connectivity index (χ4v) is 13.2. The number of amides is 7. The molecule has 2 saturated heterocycles. The number of phenolic OH excluding ortho intramolecular Hbond substituents is 3. The first-order chi connectivity index (χ1) is 49.2. The maximum atomic E-state index is 15.9. The number of hydrogen-bond acceptors (Lipinski definition) is 26. The van der Waals surface area contributed by atoms with E-state index in [1.807, 2.05) is 13.8 Å². The maximum absolute atomic E-state index is 15.9. The fourth-order valence-electron chi connectivity index (χ4n) is 12.8. The number of aliphatic carboxylic acids is 1. The normalized spacial score (nSPS) is 28.9. The van der Waals surface area contributed by atoms with E-state index in [-0.39, 0.29) is 57.0 Å². The molecule has 11 bridgehead atoms. The quantitative estimate of drug-likeness (QED) is 0.0584. The van der Waals surface area contributed by atoms with Crippen LogP contribution in [0, 0.1) is 5.92 Å². The number of rotatable bonds is 16. The number of aromatic hydroxyl groups is 3. The van der Waals surface area contributed by atoms with Gasteiger partial charge >= 0.3 is 5.97 Å². The molecule has 12 rings (SSSR count). The van der Waals surface area contributed by atoms with Crippen molar-refractivity contribution < 1.29 is 123 Å². The molecule has 0 aromatic heterocycles. The van der Waals surface area contributed by atoms with Gasteiger partial charge in [0.05, 0.1) is 47.9 Å². The summed E-state index contributed by atoms with van der Waals surface area (Å²) in [4.78, 5) is 117. The summed E-state index contributed by atoms with van der Waals surface area (Å²) >= 11 is 14.1.